The Morgan fingerprint density at radius 2 is 2.04 bits per heavy atom. The number of hydrogen-bond acceptors (Lipinski definition) is 4. The summed E-state index contributed by atoms with van der Waals surface area (Å²) in [6.45, 7) is 7.64. The number of aliphatic imine (C=N–C) groups is 1. The van der Waals surface area contributed by atoms with Crippen LogP contribution in [-0.4, -0.2) is 58.1 Å². The van der Waals surface area contributed by atoms with Crippen molar-refractivity contribution in [3.63, 3.8) is 0 Å². The number of nitrogens with one attached hydrogen (secondary N) is 2. The van der Waals surface area contributed by atoms with Gasteiger partial charge in [-0.25, -0.2) is 0 Å². The van der Waals surface area contributed by atoms with Gasteiger partial charge in [-0.2, -0.15) is 0 Å². The van der Waals surface area contributed by atoms with E-state index in [1.807, 2.05) is 30.3 Å². The highest BCUT2D eigenvalue weighted by Crippen LogP contribution is 2.09. The van der Waals surface area contributed by atoms with Gasteiger partial charge in [-0.3, -0.25) is 4.99 Å². The van der Waals surface area contributed by atoms with Crippen LogP contribution < -0.4 is 15.4 Å². The first kappa shape index (κ1) is 20.5. The Bertz CT molecular complexity index is 490. The van der Waals surface area contributed by atoms with Gasteiger partial charge < -0.3 is 24.8 Å². The summed E-state index contributed by atoms with van der Waals surface area (Å²) in [6.07, 6.45) is 4.28. The van der Waals surface area contributed by atoms with E-state index < -0.39 is 0 Å². The predicted molar refractivity (Wildman–Crippen MR) is 105 cm³/mol. The van der Waals surface area contributed by atoms with Crippen LogP contribution in [0.15, 0.2) is 35.3 Å². The fraction of sp³-hybridized carbons (Fsp3) is 0.650. The van der Waals surface area contributed by atoms with Crippen LogP contribution in [0.25, 0.3) is 0 Å². The summed E-state index contributed by atoms with van der Waals surface area (Å²) in [5, 5.41) is 6.65. The SMILES string of the molecule is CCNC(=NCCCOC1CCOC1)NCCCCOc1ccccc1. The molecule has 1 heterocycles. The molecule has 1 atom stereocenters. The molecule has 1 saturated heterocycles. The summed E-state index contributed by atoms with van der Waals surface area (Å²) in [7, 11) is 0. The molecule has 1 aromatic carbocycles. The van der Waals surface area contributed by atoms with Gasteiger partial charge in [-0.1, -0.05) is 18.2 Å². The zero-order chi connectivity index (χ0) is 18.3. The summed E-state index contributed by atoms with van der Waals surface area (Å²) < 4.78 is 16.8. The number of nitrogens with zero attached hydrogens (tertiary/aromatic N) is 1. The summed E-state index contributed by atoms with van der Waals surface area (Å²) >= 11 is 0. The molecule has 1 unspecified atom stereocenters. The molecule has 6 heteroatoms. The van der Waals surface area contributed by atoms with E-state index >= 15 is 0 Å². The summed E-state index contributed by atoms with van der Waals surface area (Å²) in [5.74, 6) is 1.81. The lowest BCUT2D eigenvalue weighted by molar-refractivity contribution is 0.0424. The topological polar surface area (TPSA) is 64.1 Å². The predicted octanol–water partition coefficient (Wildman–Crippen LogP) is 2.60. The maximum atomic E-state index is 5.76. The second kappa shape index (κ2) is 13.4. The lowest BCUT2D eigenvalue weighted by Gasteiger charge is -2.12. The van der Waals surface area contributed by atoms with Gasteiger partial charge in [-0.15, -0.1) is 0 Å². The molecule has 0 bridgehead atoms. The first-order valence-corrected chi connectivity index (χ1v) is 9.78. The Kier molecular flexibility index (Phi) is 10.6. The number of hydrogen-bond donors (Lipinski definition) is 2. The second-order valence-electron chi connectivity index (χ2n) is 6.27. The van der Waals surface area contributed by atoms with Gasteiger partial charge in [-0.05, 0) is 44.7 Å². The van der Waals surface area contributed by atoms with Gasteiger partial charge in [0.25, 0.3) is 0 Å². The molecule has 1 aromatic rings. The Hall–Kier alpha value is -1.79. The van der Waals surface area contributed by atoms with E-state index in [9.17, 15) is 0 Å². The van der Waals surface area contributed by atoms with Crippen LogP contribution in [0, 0.1) is 0 Å². The minimum atomic E-state index is 0.281. The summed E-state index contributed by atoms with van der Waals surface area (Å²) in [4.78, 5) is 4.59. The normalized spacial score (nSPS) is 17.3. The first-order valence-electron chi connectivity index (χ1n) is 9.78. The van der Waals surface area contributed by atoms with Crippen LogP contribution in [0.2, 0.25) is 0 Å². The maximum Gasteiger partial charge on any atom is 0.191 e. The van der Waals surface area contributed by atoms with Gasteiger partial charge in [0.2, 0.25) is 0 Å². The standard InChI is InChI=1S/C20H33N3O3/c1-2-21-20(23-13-8-15-26-19-11-16-24-17-19)22-12-6-7-14-25-18-9-4-3-5-10-18/h3-5,9-10,19H,2,6-8,11-17H2,1H3,(H2,21,22,23). The molecule has 2 N–H and O–H groups in total. The van der Waals surface area contributed by atoms with Crippen LogP contribution in [0.4, 0.5) is 0 Å². The van der Waals surface area contributed by atoms with Crippen molar-refractivity contribution in [3.05, 3.63) is 30.3 Å². The zero-order valence-electron chi connectivity index (χ0n) is 15.9. The highest BCUT2D eigenvalue weighted by atomic mass is 16.5. The van der Waals surface area contributed by atoms with E-state index in [-0.39, 0.29) is 6.10 Å². The Balaban J connectivity index is 1.50. The third-order valence-corrected chi connectivity index (χ3v) is 4.03. The molecule has 1 fully saturated rings. The number of guanidine groups is 1. The van der Waals surface area contributed by atoms with Crippen LogP contribution in [0.3, 0.4) is 0 Å². The van der Waals surface area contributed by atoms with Gasteiger partial charge in [0.15, 0.2) is 5.96 Å². The molecule has 2 rings (SSSR count). The molecular weight excluding hydrogens is 330 g/mol. The van der Waals surface area contributed by atoms with Crippen molar-refractivity contribution < 1.29 is 14.2 Å². The van der Waals surface area contributed by atoms with Crippen molar-refractivity contribution in [1.82, 2.24) is 10.6 Å². The van der Waals surface area contributed by atoms with Crippen LogP contribution >= 0.6 is 0 Å². The lowest BCUT2D eigenvalue weighted by atomic mass is 10.3. The van der Waals surface area contributed by atoms with Crippen LogP contribution in [0.1, 0.15) is 32.6 Å². The van der Waals surface area contributed by atoms with Crippen LogP contribution in [-0.2, 0) is 9.47 Å². The van der Waals surface area contributed by atoms with Crippen LogP contribution in [0.5, 0.6) is 5.75 Å². The van der Waals surface area contributed by atoms with Gasteiger partial charge in [0, 0.05) is 32.8 Å². The van der Waals surface area contributed by atoms with E-state index in [0.717, 1.165) is 83.5 Å². The van der Waals surface area contributed by atoms with E-state index in [0.29, 0.717) is 0 Å². The number of rotatable bonds is 12. The zero-order valence-corrected chi connectivity index (χ0v) is 15.9. The molecule has 0 saturated carbocycles. The van der Waals surface area contributed by atoms with Gasteiger partial charge in [0.1, 0.15) is 5.75 Å². The smallest absolute Gasteiger partial charge is 0.191 e. The van der Waals surface area contributed by atoms with E-state index in [1.165, 1.54) is 0 Å². The summed E-state index contributed by atoms with van der Waals surface area (Å²) in [5.41, 5.74) is 0. The first-order chi connectivity index (χ1) is 12.9. The van der Waals surface area contributed by atoms with Gasteiger partial charge >= 0.3 is 0 Å². The highest BCUT2D eigenvalue weighted by Gasteiger charge is 2.15. The van der Waals surface area contributed by atoms with Crippen molar-refractivity contribution >= 4 is 5.96 Å². The molecule has 0 spiro atoms. The van der Waals surface area contributed by atoms with Gasteiger partial charge in [0.05, 0.1) is 19.3 Å². The Labute approximate surface area is 157 Å². The Morgan fingerprint density at radius 3 is 2.81 bits per heavy atom. The molecule has 1 aliphatic heterocycles. The average Bonchev–Trinajstić information content (AvgIpc) is 3.18. The Morgan fingerprint density at radius 1 is 1.15 bits per heavy atom. The minimum Gasteiger partial charge on any atom is -0.494 e. The van der Waals surface area contributed by atoms with Crippen molar-refractivity contribution in [3.8, 4) is 5.75 Å². The quantitative estimate of drug-likeness (QED) is 0.339. The van der Waals surface area contributed by atoms with Crippen molar-refractivity contribution in [2.75, 3.05) is 46.1 Å². The monoisotopic (exact) mass is 363 g/mol. The van der Waals surface area contributed by atoms with E-state index in [2.05, 4.69) is 22.5 Å². The molecule has 0 aromatic heterocycles. The molecule has 26 heavy (non-hydrogen) atoms. The fourth-order valence-corrected chi connectivity index (χ4v) is 2.63. The molecule has 1 aliphatic rings. The minimum absolute atomic E-state index is 0.281. The fourth-order valence-electron chi connectivity index (χ4n) is 2.63. The molecule has 0 radical (unpaired) electrons. The van der Waals surface area contributed by atoms with Crippen molar-refractivity contribution in [2.24, 2.45) is 4.99 Å². The average molecular weight is 364 g/mol. The van der Waals surface area contributed by atoms with Crippen molar-refractivity contribution in [2.45, 2.75) is 38.7 Å². The number of benzene rings is 1. The lowest BCUT2D eigenvalue weighted by Crippen LogP contribution is -2.38. The largest absolute Gasteiger partial charge is 0.494 e. The summed E-state index contributed by atoms with van der Waals surface area (Å²) in [6, 6.07) is 9.94. The maximum absolute atomic E-state index is 5.76. The van der Waals surface area contributed by atoms with E-state index in [4.69, 9.17) is 14.2 Å². The van der Waals surface area contributed by atoms with E-state index in [1.54, 1.807) is 0 Å². The molecule has 6 nitrogen and oxygen atoms in total. The molecule has 0 amide bonds. The number of ether oxygens (including phenoxy) is 3. The molecule has 146 valence electrons. The molecule has 0 aliphatic carbocycles. The number of unbranched alkanes of at least 4 members (excludes halogenated alkanes) is 1. The third kappa shape index (κ3) is 9.06. The highest BCUT2D eigenvalue weighted by molar-refractivity contribution is 5.79. The molecular formula is C20H33N3O3. The third-order valence-electron chi connectivity index (χ3n) is 4.03. The van der Waals surface area contributed by atoms with Crippen molar-refractivity contribution in [1.29, 1.82) is 0 Å². The number of para-hydroxylation sites is 1. The second-order valence-corrected chi connectivity index (χ2v) is 6.27.